The monoisotopic (exact) mass is 200 g/mol. The summed E-state index contributed by atoms with van der Waals surface area (Å²) in [7, 11) is 0. The Bertz CT molecular complexity index is 202. The van der Waals surface area contributed by atoms with Crippen LogP contribution in [0.5, 0.6) is 0 Å². The number of morpholine rings is 1. The van der Waals surface area contributed by atoms with E-state index in [0.717, 1.165) is 6.29 Å². The Morgan fingerprint density at radius 3 is 2.79 bits per heavy atom. The number of carbonyl (C=O) groups is 2. The van der Waals surface area contributed by atoms with Crippen molar-refractivity contribution in [2.24, 2.45) is 0 Å². The molecule has 5 nitrogen and oxygen atoms in total. The lowest BCUT2D eigenvalue weighted by Gasteiger charge is -2.28. The average molecular weight is 200 g/mol. The van der Waals surface area contributed by atoms with Gasteiger partial charge in [-0.1, -0.05) is 0 Å². The second-order valence-electron chi connectivity index (χ2n) is 3.35. The topological polar surface area (TPSA) is 58.6 Å². The molecule has 0 spiro atoms. The summed E-state index contributed by atoms with van der Waals surface area (Å²) < 4.78 is 5.12. The van der Waals surface area contributed by atoms with Crippen LogP contribution >= 0.6 is 0 Å². The van der Waals surface area contributed by atoms with Crippen LogP contribution < -0.4 is 5.32 Å². The SMILES string of the molecule is CC(CC=O)NC(=O)N1CCOCC1. The van der Waals surface area contributed by atoms with Crippen LogP contribution in [-0.2, 0) is 9.53 Å². The van der Waals surface area contributed by atoms with Gasteiger partial charge in [0, 0.05) is 25.6 Å². The fourth-order valence-corrected chi connectivity index (χ4v) is 1.27. The van der Waals surface area contributed by atoms with E-state index in [9.17, 15) is 9.59 Å². The number of ether oxygens (including phenoxy) is 1. The molecule has 0 aromatic carbocycles. The van der Waals surface area contributed by atoms with Crippen LogP contribution in [0.4, 0.5) is 4.79 Å². The first-order valence-corrected chi connectivity index (χ1v) is 4.81. The fraction of sp³-hybridized carbons (Fsp3) is 0.778. The van der Waals surface area contributed by atoms with Crippen LogP contribution in [-0.4, -0.2) is 49.6 Å². The first-order chi connectivity index (χ1) is 6.74. The van der Waals surface area contributed by atoms with Crippen LogP contribution in [0.3, 0.4) is 0 Å². The van der Waals surface area contributed by atoms with Crippen molar-refractivity contribution < 1.29 is 14.3 Å². The van der Waals surface area contributed by atoms with E-state index in [1.165, 1.54) is 0 Å². The number of rotatable bonds is 3. The Kier molecular flexibility index (Phi) is 4.39. The van der Waals surface area contributed by atoms with Crippen molar-refractivity contribution >= 4 is 12.3 Å². The Morgan fingerprint density at radius 2 is 2.21 bits per heavy atom. The van der Waals surface area contributed by atoms with Gasteiger partial charge in [-0.05, 0) is 6.92 Å². The summed E-state index contributed by atoms with van der Waals surface area (Å²) >= 11 is 0. The Morgan fingerprint density at radius 1 is 1.57 bits per heavy atom. The molecular formula is C9H16N2O3. The minimum Gasteiger partial charge on any atom is -0.378 e. The van der Waals surface area contributed by atoms with Crippen molar-refractivity contribution in [1.82, 2.24) is 10.2 Å². The zero-order valence-electron chi connectivity index (χ0n) is 8.36. The van der Waals surface area contributed by atoms with Crippen molar-refractivity contribution in [2.75, 3.05) is 26.3 Å². The maximum atomic E-state index is 11.5. The molecule has 0 aliphatic carbocycles. The first kappa shape index (κ1) is 11.0. The standard InChI is InChI=1S/C9H16N2O3/c1-8(2-5-12)10-9(13)11-3-6-14-7-4-11/h5,8H,2-4,6-7H2,1H3,(H,10,13). The minimum absolute atomic E-state index is 0.0946. The van der Waals surface area contributed by atoms with Crippen LogP contribution in [0, 0.1) is 0 Å². The summed E-state index contributed by atoms with van der Waals surface area (Å²) in [5, 5.41) is 2.75. The molecule has 0 aromatic heterocycles. The molecule has 80 valence electrons. The molecule has 0 saturated carbocycles. The van der Waals surface area contributed by atoms with Gasteiger partial charge in [0.15, 0.2) is 0 Å². The lowest BCUT2D eigenvalue weighted by Crippen LogP contribution is -2.48. The number of nitrogens with one attached hydrogen (secondary N) is 1. The largest absolute Gasteiger partial charge is 0.378 e. The summed E-state index contributed by atoms with van der Waals surface area (Å²) in [6, 6.07) is -0.203. The molecule has 1 saturated heterocycles. The quantitative estimate of drug-likeness (QED) is 0.653. The molecule has 1 aliphatic heterocycles. The third-order valence-electron chi connectivity index (χ3n) is 2.12. The Balaban J connectivity index is 2.28. The molecule has 0 aromatic rings. The van der Waals surface area contributed by atoms with Crippen LogP contribution in [0.15, 0.2) is 0 Å². The molecular weight excluding hydrogens is 184 g/mol. The zero-order valence-corrected chi connectivity index (χ0v) is 8.36. The van der Waals surface area contributed by atoms with Crippen molar-refractivity contribution in [3.05, 3.63) is 0 Å². The van der Waals surface area contributed by atoms with Crippen molar-refractivity contribution in [3.63, 3.8) is 0 Å². The van der Waals surface area contributed by atoms with E-state index in [0.29, 0.717) is 32.7 Å². The summed E-state index contributed by atoms with van der Waals surface area (Å²) in [5.74, 6) is 0. The van der Waals surface area contributed by atoms with Crippen LogP contribution in [0.2, 0.25) is 0 Å². The smallest absolute Gasteiger partial charge is 0.317 e. The molecule has 2 amide bonds. The maximum Gasteiger partial charge on any atom is 0.317 e. The van der Waals surface area contributed by atoms with E-state index >= 15 is 0 Å². The molecule has 14 heavy (non-hydrogen) atoms. The second kappa shape index (κ2) is 5.59. The number of hydrogen-bond donors (Lipinski definition) is 1. The van der Waals surface area contributed by atoms with E-state index in [4.69, 9.17) is 4.74 Å². The number of nitrogens with zero attached hydrogens (tertiary/aromatic N) is 1. The second-order valence-corrected chi connectivity index (χ2v) is 3.35. The highest BCUT2D eigenvalue weighted by Gasteiger charge is 2.17. The van der Waals surface area contributed by atoms with Crippen LogP contribution in [0.1, 0.15) is 13.3 Å². The van der Waals surface area contributed by atoms with Gasteiger partial charge in [-0.15, -0.1) is 0 Å². The number of carbonyl (C=O) groups excluding carboxylic acids is 2. The summed E-state index contributed by atoms with van der Waals surface area (Å²) in [5.41, 5.74) is 0. The van der Waals surface area contributed by atoms with Gasteiger partial charge in [0.1, 0.15) is 6.29 Å². The van der Waals surface area contributed by atoms with Gasteiger partial charge >= 0.3 is 6.03 Å². The summed E-state index contributed by atoms with van der Waals surface area (Å²) in [6.45, 7) is 4.25. The molecule has 0 bridgehead atoms. The van der Waals surface area contributed by atoms with E-state index in [1.54, 1.807) is 4.90 Å². The van der Waals surface area contributed by atoms with Crippen molar-refractivity contribution in [1.29, 1.82) is 0 Å². The molecule has 1 heterocycles. The Labute approximate surface area is 83.4 Å². The highest BCUT2D eigenvalue weighted by atomic mass is 16.5. The maximum absolute atomic E-state index is 11.5. The molecule has 1 rings (SSSR count). The van der Waals surface area contributed by atoms with E-state index in [-0.39, 0.29) is 12.1 Å². The number of urea groups is 1. The van der Waals surface area contributed by atoms with Gasteiger partial charge in [-0.3, -0.25) is 0 Å². The summed E-state index contributed by atoms with van der Waals surface area (Å²) in [6.07, 6.45) is 1.17. The van der Waals surface area contributed by atoms with Gasteiger partial charge in [0.2, 0.25) is 0 Å². The average Bonchev–Trinajstić information content (AvgIpc) is 2.19. The van der Waals surface area contributed by atoms with E-state index in [1.807, 2.05) is 6.92 Å². The highest BCUT2D eigenvalue weighted by molar-refractivity contribution is 5.75. The van der Waals surface area contributed by atoms with E-state index in [2.05, 4.69) is 5.32 Å². The lowest BCUT2D eigenvalue weighted by atomic mass is 10.2. The number of aldehydes is 1. The fourth-order valence-electron chi connectivity index (χ4n) is 1.27. The first-order valence-electron chi connectivity index (χ1n) is 4.81. The predicted molar refractivity (Wildman–Crippen MR) is 51.1 cm³/mol. The van der Waals surface area contributed by atoms with Crippen LogP contribution in [0.25, 0.3) is 0 Å². The highest BCUT2D eigenvalue weighted by Crippen LogP contribution is 1.98. The number of amides is 2. The lowest BCUT2D eigenvalue weighted by molar-refractivity contribution is -0.108. The van der Waals surface area contributed by atoms with Gasteiger partial charge in [0.05, 0.1) is 13.2 Å². The Hall–Kier alpha value is -1.10. The van der Waals surface area contributed by atoms with Gasteiger partial charge < -0.3 is 19.7 Å². The summed E-state index contributed by atoms with van der Waals surface area (Å²) in [4.78, 5) is 23.4. The van der Waals surface area contributed by atoms with Gasteiger partial charge in [-0.25, -0.2) is 4.79 Å². The third kappa shape index (κ3) is 3.33. The molecule has 5 heteroatoms. The normalized spacial score (nSPS) is 18.8. The minimum atomic E-state index is -0.109. The molecule has 1 fully saturated rings. The van der Waals surface area contributed by atoms with Gasteiger partial charge in [-0.2, -0.15) is 0 Å². The molecule has 1 atom stereocenters. The predicted octanol–water partition coefficient (Wildman–Crippen LogP) is 0.00570. The molecule has 1 N–H and O–H groups in total. The third-order valence-corrected chi connectivity index (χ3v) is 2.12. The van der Waals surface area contributed by atoms with E-state index < -0.39 is 0 Å². The van der Waals surface area contributed by atoms with Gasteiger partial charge in [0.25, 0.3) is 0 Å². The van der Waals surface area contributed by atoms with Crippen molar-refractivity contribution in [3.8, 4) is 0 Å². The van der Waals surface area contributed by atoms with Crippen molar-refractivity contribution in [2.45, 2.75) is 19.4 Å². The molecule has 1 unspecified atom stereocenters. The number of hydrogen-bond acceptors (Lipinski definition) is 3. The molecule has 1 aliphatic rings. The molecule has 0 radical (unpaired) electrons. The zero-order chi connectivity index (χ0) is 10.4.